The van der Waals surface area contributed by atoms with Gasteiger partial charge in [0.25, 0.3) is 11.8 Å². The third-order valence-electron chi connectivity index (χ3n) is 6.01. The summed E-state index contributed by atoms with van der Waals surface area (Å²) in [6.07, 6.45) is 1.90. The average Bonchev–Trinajstić information content (AvgIpc) is 3.23. The number of hydrogen-bond acceptors (Lipinski definition) is 6. The molecule has 192 valence electrons. The molecule has 0 fully saturated rings. The van der Waals surface area contributed by atoms with Crippen LogP contribution in [0.4, 0.5) is 5.69 Å². The van der Waals surface area contributed by atoms with Gasteiger partial charge >= 0.3 is 5.97 Å². The minimum absolute atomic E-state index is 0.0308. The maximum Gasteiger partial charge on any atom is 0.328 e. The lowest BCUT2D eigenvalue weighted by atomic mass is 9.87. The Hall–Kier alpha value is -3.26. The molecule has 2 aromatic carbocycles. The molecule has 0 saturated carbocycles. The number of hydrogen-bond donors (Lipinski definition) is 2. The summed E-state index contributed by atoms with van der Waals surface area (Å²) in [6, 6.07) is 14.5. The van der Waals surface area contributed by atoms with Crippen molar-refractivity contribution in [3.63, 3.8) is 0 Å². The van der Waals surface area contributed by atoms with Gasteiger partial charge in [0.15, 0.2) is 5.37 Å². The molecule has 1 aliphatic heterocycles. The van der Waals surface area contributed by atoms with Crippen LogP contribution < -0.4 is 10.6 Å². The van der Waals surface area contributed by atoms with Crippen molar-refractivity contribution >= 4 is 40.1 Å². The van der Waals surface area contributed by atoms with Crippen LogP contribution in [-0.4, -0.2) is 48.3 Å². The molecule has 2 aromatic rings. The fourth-order valence-electron chi connectivity index (χ4n) is 3.76. The van der Waals surface area contributed by atoms with Crippen LogP contribution >= 0.6 is 11.8 Å². The molecule has 2 atom stereocenters. The van der Waals surface area contributed by atoms with Crippen LogP contribution in [0.1, 0.15) is 56.1 Å². The molecule has 0 saturated heterocycles. The maximum absolute atomic E-state index is 12.9. The number of nitrogens with one attached hydrogen (secondary N) is 2. The van der Waals surface area contributed by atoms with Crippen LogP contribution in [0.25, 0.3) is 4.91 Å². The first-order valence-electron chi connectivity index (χ1n) is 11.9. The molecule has 2 N–H and O–H groups in total. The van der Waals surface area contributed by atoms with Crippen molar-refractivity contribution in [2.75, 3.05) is 19.5 Å². The summed E-state index contributed by atoms with van der Waals surface area (Å²) in [5, 5.41) is 5.25. The van der Waals surface area contributed by atoms with E-state index in [2.05, 4.69) is 31.4 Å². The minimum atomic E-state index is -0.701. The van der Waals surface area contributed by atoms with E-state index in [1.165, 1.54) is 24.4 Å². The van der Waals surface area contributed by atoms with Gasteiger partial charge in [0.1, 0.15) is 6.04 Å². The Labute approximate surface area is 217 Å². The van der Waals surface area contributed by atoms with Crippen molar-refractivity contribution in [1.29, 1.82) is 0 Å². The standard InChI is InChI=1S/C28H35N3O4S/c1-17(2)23(27(34)35-7)30-25(33)26-31(6)16-22(36-26)18-10-14-21(15-11-18)29-24(32)19-8-12-20(13-9-19)28(3,4)5/h8-17,23,26H,1-7H3,(H,29,32)(H,30,33). The molecule has 2 amide bonds. The Kier molecular flexibility index (Phi) is 8.51. The fraction of sp³-hybridized carbons (Fsp3) is 0.393. The third-order valence-corrected chi connectivity index (χ3v) is 7.38. The predicted molar refractivity (Wildman–Crippen MR) is 145 cm³/mol. The molecule has 36 heavy (non-hydrogen) atoms. The number of esters is 1. The summed E-state index contributed by atoms with van der Waals surface area (Å²) >= 11 is 1.41. The Morgan fingerprint density at radius 2 is 1.61 bits per heavy atom. The summed E-state index contributed by atoms with van der Waals surface area (Å²) in [4.78, 5) is 40.3. The number of carbonyl (C=O) groups excluding carboxylic acids is 3. The van der Waals surface area contributed by atoms with Crippen LogP contribution in [0.15, 0.2) is 54.7 Å². The van der Waals surface area contributed by atoms with Gasteiger partial charge in [0.2, 0.25) is 0 Å². The molecule has 3 rings (SSSR count). The second-order valence-electron chi connectivity index (χ2n) is 10.2. The van der Waals surface area contributed by atoms with E-state index in [9.17, 15) is 14.4 Å². The number of likely N-dealkylation sites (N-methyl/N-ethyl adjacent to an activating group) is 1. The first kappa shape index (κ1) is 27.3. The smallest absolute Gasteiger partial charge is 0.328 e. The van der Waals surface area contributed by atoms with E-state index in [0.717, 1.165) is 10.5 Å². The van der Waals surface area contributed by atoms with E-state index >= 15 is 0 Å². The number of amides is 2. The summed E-state index contributed by atoms with van der Waals surface area (Å²) in [6.45, 7) is 10.1. The Bertz CT molecular complexity index is 1130. The number of thioether (sulfide) groups is 1. The number of anilines is 1. The largest absolute Gasteiger partial charge is 0.467 e. The molecular weight excluding hydrogens is 474 g/mol. The van der Waals surface area contributed by atoms with Crippen molar-refractivity contribution in [1.82, 2.24) is 10.2 Å². The minimum Gasteiger partial charge on any atom is -0.467 e. The topological polar surface area (TPSA) is 87.7 Å². The Morgan fingerprint density at radius 3 is 2.14 bits per heavy atom. The molecule has 2 unspecified atom stereocenters. The maximum atomic E-state index is 12.9. The van der Waals surface area contributed by atoms with Crippen LogP contribution in [0.2, 0.25) is 0 Å². The highest BCUT2D eigenvalue weighted by Gasteiger charge is 2.34. The van der Waals surface area contributed by atoms with Gasteiger partial charge in [0, 0.05) is 29.4 Å². The molecular formula is C28H35N3O4S. The molecule has 1 aliphatic rings. The van der Waals surface area contributed by atoms with Crippen molar-refractivity contribution in [2.45, 2.75) is 51.4 Å². The number of carbonyl (C=O) groups is 3. The molecule has 1 heterocycles. The fourth-order valence-corrected chi connectivity index (χ4v) is 4.90. The van der Waals surface area contributed by atoms with Gasteiger partial charge < -0.3 is 20.3 Å². The molecule has 0 bridgehead atoms. The predicted octanol–water partition coefficient (Wildman–Crippen LogP) is 4.85. The second kappa shape index (κ2) is 11.2. The van der Waals surface area contributed by atoms with Gasteiger partial charge in [-0.15, -0.1) is 0 Å². The number of benzene rings is 2. The number of rotatable bonds is 7. The van der Waals surface area contributed by atoms with Crippen molar-refractivity contribution < 1.29 is 19.1 Å². The quantitative estimate of drug-likeness (QED) is 0.519. The van der Waals surface area contributed by atoms with E-state index in [-0.39, 0.29) is 23.1 Å². The molecule has 0 spiro atoms. The second-order valence-corrected chi connectivity index (χ2v) is 11.4. The van der Waals surface area contributed by atoms with E-state index in [4.69, 9.17) is 4.74 Å². The van der Waals surface area contributed by atoms with Crippen LogP contribution in [0, 0.1) is 5.92 Å². The number of ether oxygens (including phenoxy) is 1. The molecule has 0 aliphatic carbocycles. The van der Waals surface area contributed by atoms with E-state index in [1.807, 2.05) is 80.5 Å². The van der Waals surface area contributed by atoms with Gasteiger partial charge in [-0.3, -0.25) is 9.59 Å². The van der Waals surface area contributed by atoms with Crippen molar-refractivity contribution in [3.05, 3.63) is 71.4 Å². The van der Waals surface area contributed by atoms with Gasteiger partial charge in [-0.05, 0) is 46.7 Å². The van der Waals surface area contributed by atoms with Gasteiger partial charge in [0.05, 0.1) is 7.11 Å². The summed E-state index contributed by atoms with van der Waals surface area (Å²) < 4.78 is 4.82. The summed E-state index contributed by atoms with van der Waals surface area (Å²) in [7, 11) is 3.14. The molecule has 8 heteroatoms. The zero-order valence-corrected chi connectivity index (χ0v) is 22.7. The molecule has 0 radical (unpaired) electrons. The average molecular weight is 510 g/mol. The normalized spacial score (nSPS) is 16.4. The monoisotopic (exact) mass is 509 g/mol. The lowest BCUT2D eigenvalue weighted by molar-refractivity contribution is -0.146. The SMILES string of the molecule is COC(=O)C(NC(=O)C1SC(c2ccc(NC(=O)c3ccc(C(C)(C)C)cc3)cc2)=CN1C)C(C)C. The van der Waals surface area contributed by atoms with E-state index < -0.39 is 17.4 Å². The zero-order valence-electron chi connectivity index (χ0n) is 21.9. The Balaban J connectivity index is 1.62. The van der Waals surface area contributed by atoms with E-state index in [0.29, 0.717) is 11.3 Å². The van der Waals surface area contributed by atoms with Crippen molar-refractivity contribution in [2.24, 2.45) is 5.92 Å². The molecule has 7 nitrogen and oxygen atoms in total. The Morgan fingerprint density at radius 1 is 1.00 bits per heavy atom. The third kappa shape index (κ3) is 6.49. The highest BCUT2D eigenvalue weighted by Crippen LogP contribution is 2.39. The highest BCUT2D eigenvalue weighted by atomic mass is 32.2. The van der Waals surface area contributed by atoms with Crippen LogP contribution in [-0.2, 0) is 19.7 Å². The van der Waals surface area contributed by atoms with E-state index in [1.54, 1.807) is 0 Å². The summed E-state index contributed by atoms with van der Waals surface area (Å²) in [5.74, 6) is -0.969. The van der Waals surface area contributed by atoms with Crippen molar-refractivity contribution in [3.8, 4) is 0 Å². The highest BCUT2D eigenvalue weighted by molar-refractivity contribution is 8.09. The lowest BCUT2D eigenvalue weighted by Crippen LogP contribution is -2.50. The first-order valence-corrected chi connectivity index (χ1v) is 12.8. The molecule has 0 aromatic heterocycles. The van der Waals surface area contributed by atoms with Crippen LogP contribution in [0.5, 0.6) is 0 Å². The lowest BCUT2D eigenvalue weighted by Gasteiger charge is -2.24. The number of methoxy groups -OCH3 is 1. The van der Waals surface area contributed by atoms with Gasteiger partial charge in [-0.1, -0.05) is 70.6 Å². The number of nitrogens with zero attached hydrogens (tertiary/aromatic N) is 1. The first-order chi connectivity index (χ1) is 16.9. The summed E-state index contributed by atoms with van der Waals surface area (Å²) in [5.41, 5.74) is 3.43. The zero-order chi connectivity index (χ0) is 26.6. The van der Waals surface area contributed by atoms with Crippen LogP contribution in [0.3, 0.4) is 0 Å². The van der Waals surface area contributed by atoms with Gasteiger partial charge in [-0.2, -0.15) is 0 Å². The van der Waals surface area contributed by atoms with Gasteiger partial charge in [-0.25, -0.2) is 4.79 Å².